The topological polar surface area (TPSA) is 105 Å². The molecule has 7 nitrogen and oxygen atoms in total. The number of nitrogens with one attached hydrogen (secondary N) is 2. The summed E-state index contributed by atoms with van der Waals surface area (Å²) in [6.45, 7) is 2.80. The van der Waals surface area contributed by atoms with Gasteiger partial charge >= 0.3 is 18.0 Å². The number of hydrogen-bond donors (Lipinski definition) is 3. The number of urea groups is 1. The van der Waals surface area contributed by atoms with E-state index in [0.29, 0.717) is 0 Å². The molecular weight excluding hydrogens is 216 g/mol. The number of ether oxygens (including phenoxy) is 1. The summed E-state index contributed by atoms with van der Waals surface area (Å²) in [7, 11) is 1.25. The molecule has 0 aliphatic rings. The Labute approximate surface area is 93.2 Å². The quantitative estimate of drug-likeness (QED) is 0.565. The van der Waals surface area contributed by atoms with Gasteiger partial charge in [-0.2, -0.15) is 0 Å². The maximum absolute atomic E-state index is 11.2. The van der Waals surface area contributed by atoms with Crippen molar-refractivity contribution in [3.8, 4) is 0 Å². The summed E-state index contributed by atoms with van der Waals surface area (Å²) in [5.41, 5.74) is -1.35. The van der Waals surface area contributed by atoms with E-state index in [1.807, 2.05) is 0 Å². The van der Waals surface area contributed by atoms with E-state index in [1.54, 1.807) is 0 Å². The zero-order valence-electron chi connectivity index (χ0n) is 9.49. The zero-order valence-corrected chi connectivity index (χ0v) is 9.49. The normalized spacial score (nSPS) is 10.4. The van der Waals surface area contributed by atoms with Crippen molar-refractivity contribution in [3.05, 3.63) is 0 Å². The first-order valence-electron chi connectivity index (χ1n) is 4.66. The van der Waals surface area contributed by atoms with Gasteiger partial charge in [0, 0.05) is 6.54 Å². The molecule has 7 heteroatoms. The van der Waals surface area contributed by atoms with Crippen LogP contribution in [0.15, 0.2) is 0 Å². The fourth-order valence-electron chi connectivity index (χ4n) is 0.762. The number of carboxylic acids is 1. The van der Waals surface area contributed by atoms with Crippen molar-refractivity contribution in [3.63, 3.8) is 0 Å². The Balaban J connectivity index is 3.92. The number of hydrogen-bond acceptors (Lipinski definition) is 4. The van der Waals surface area contributed by atoms with Gasteiger partial charge in [0.25, 0.3) is 0 Å². The van der Waals surface area contributed by atoms with Crippen LogP contribution in [-0.4, -0.2) is 42.3 Å². The first-order chi connectivity index (χ1) is 7.29. The Bertz CT molecular complexity index is 288. The van der Waals surface area contributed by atoms with Gasteiger partial charge in [-0.25, -0.2) is 9.59 Å². The van der Waals surface area contributed by atoms with Gasteiger partial charge in [0.05, 0.1) is 13.5 Å². The lowest BCUT2D eigenvalue weighted by Gasteiger charge is -2.21. The number of carbonyl (C=O) groups is 3. The molecule has 0 rings (SSSR count). The molecule has 0 aromatic rings. The molecule has 0 heterocycles. The van der Waals surface area contributed by atoms with E-state index in [0.717, 1.165) is 0 Å². The smallest absolute Gasteiger partial charge is 0.328 e. The van der Waals surface area contributed by atoms with Crippen LogP contribution < -0.4 is 10.6 Å². The highest BCUT2D eigenvalue weighted by Crippen LogP contribution is 2.00. The number of carboxylic acid groups (broad SMARTS) is 1. The molecule has 0 bridgehead atoms. The van der Waals surface area contributed by atoms with Crippen molar-refractivity contribution in [2.24, 2.45) is 0 Å². The van der Waals surface area contributed by atoms with Crippen molar-refractivity contribution in [1.82, 2.24) is 10.6 Å². The van der Waals surface area contributed by atoms with Crippen LogP contribution in [0.25, 0.3) is 0 Å². The first-order valence-corrected chi connectivity index (χ1v) is 4.66. The van der Waals surface area contributed by atoms with Crippen LogP contribution in [0.1, 0.15) is 20.3 Å². The molecule has 0 atom stereocenters. The third-order valence-corrected chi connectivity index (χ3v) is 1.80. The van der Waals surface area contributed by atoms with E-state index >= 15 is 0 Å². The summed E-state index contributed by atoms with van der Waals surface area (Å²) in [4.78, 5) is 32.6. The zero-order chi connectivity index (χ0) is 12.8. The Morgan fingerprint density at radius 3 is 2.31 bits per heavy atom. The Morgan fingerprint density at radius 1 is 1.31 bits per heavy atom. The maximum Gasteiger partial charge on any atom is 0.328 e. The summed E-state index contributed by atoms with van der Waals surface area (Å²) < 4.78 is 4.37. The number of carbonyl (C=O) groups excluding carboxylic acids is 2. The Kier molecular flexibility index (Phi) is 5.27. The van der Waals surface area contributed by atoms with Gasteiger partial charge in [0.1, 0.15) is 5.54 Å². The van der Waals surface area contributed by atoms with Crippen LogP contribution in [0.5, 0.6) is 0 Å². The molecule has 92 valence electrons. The van der Waals surface area contributed by atoms with Gasteiger partial charge in [0.2, 0.25) is 0 Å². The molecule has 0 fully saturated rings. The Hall–Kier alpha value is -1.79. The molecule has 2 amide bonds. The van der Waals surface area contributed by atoms with Crippen LogP contribution in [0.3, 0.4) is 0 Å². The van der Waals surface area contributed by atoms with Crippen LogP contribution in [0.2, 0.25) is 0 Å². The highest BCUT2D eigenvalue weighted by atomic mass is 16.5. The minimum atomic E-state index is -1.35. The lowest BCUT2D eigenvalue weighted by atomic mass is 10.1. The van der Waals surface area contributed by atoms with Gasteiger partial charge in [0.15, 0.2) is 0 Å². The second kappa shape index (κ2) is 5.94. The van der Waals surface area contributed by atoms with Crippen molar-refractivity contribution in [1.29, 1.82) is 0 Å². The van der Waals surface area contributed by atoms with Crippen LogP contribution in [0, 0.1) is 0 Å². The maximum atomic E-state index is 11.2. The third-order valence-electron chi connectivity index (χ3n) is 1.80. The predicted molar refractivity (Wildman–Crippen MR) is 54.9 cm³/mol. The molecule has 0 radical (unpaired) electrons. The van der Waals surface area contributed by atoms with E-state index < -0.39 is 23.5 Å². The van der Waals surface area contributed by atoms with Gasteiger partial charge in [-0.15, -0.1) is 0 Å². The Morgan fingerprint density at radius 2 is 1.88 bits per heavy atom. The van der Waals surface area contributed by atoms with Gasteiger partial charge in [-0.1, -0.05) is 0 Å². The number of aliphatic carboxylic acids is 1. The second-order valence-electron chi connectivity index (χ2n) is 3.64. The molecule has 0 aromatic carbocycles. The summed E-state index contributed by atoms with van der Waals surface area (Å²) in [5, 5.41) is 13.3. The highest BCUT2D eigenvalue weighted by Gasteiger charge is 2.28. The minimum Gasteiger partial charge on any atom is -0.480 e. The number of esters is 1. The summed E-state index contributed by atoms with van der Waals surface area (Å²) in [5.74, 6) is -1.59. The first kappa shape index (κ1) is 14.2. The van der Waals surface area contributed by atoms with Crippen molar-refractivity contribution in [2.45, 2.75) is 25.8 Å². The monoisotopic (exact) mass is 232 g/mol. The van der Waals surface area contributed by atoms with Gasteiger partial charge < -0.3 is 20.5 Å². The molecule has 0 saturated heterocycles. The summed E-state index contributed by atoms with van der Waals surface area (Å²) in [6, 6.07) is -0.642. The average molecular weight is 232 g/mol. The molecule has 0 spiro atoms. The lowest BCUT2D eigenvalue weighted by Crippen LogP contribution is -2.53. The van der Waals surface area contributed by atoms with E-state index in [-0.39, 0.29) is 13.0 Å². The molecular formula is C9H16N2O5. The average Bonchev–Trinajstić information content (AvgIpc) is 2.16. The highest BCUT2D eigenvalue weighted by molar-refractivity contribution is 5.85. The van der Waals surface area contributed by atoms with Crippen LogP contribution in [0.4, 0.5) is 4.79 Å². The summed E-state index contributed by atoms with van der Waals surface area (Å²) in [6.07, 6.45) is 0.0391. The number of amides is 2. The van der Waals surface area contributed by atoms with Crippen LogP contribution in [-0.2, 0) is 14.3 Å². The number of methoxy groups -OCH3 is 1. The second-order valence-corrected chi connectivity index (χ2v) is 3.64. The van der Waals surface area contributed by atoms with E-state index in [9.17, 15) is 14.4 Å². The van der Waals surface area contributed by atoms with E-state index in [2.05, 4.69) is 15.4 Å². The molecule has 3 N–H and O–H groups in total. The molecule has 16 heavy (non-hydrogen) atoms. The van der Waals surface area contributed by atoms with Crippen molar-refractivity contribution >= 4 is 18.0 Å². The molecule has 0 aliphatic heterocycles. The number of rotatable bonds is 5. The fraction of sp³-hybridized carbons (Fsp3) is 0.667. The van der Waals surface area contributed by atoms with E-state index in [4.69, 9.17) is 5.11 Å². The molecule has 0 aliphatic carbocycles. The minimum absolute atomic E-state index is 0.0391. The third kappa shape index (κ3) is 5.18. The molecule has 0 saturated carbocycles. The standard InChI is InChI=1S/C9H16N2O5/c1-9(2,7(13)14)11-8(15)10-5-4-6(12)16-3/h4-5H2,1-3H3,(H,13,14)(H2,10,11,15). The van der Waals surface area contributed by atoms with Gasteiger partial charge in [-0.05, 0) is 13.8 Å². The summed E-state index contributed by atoms with van der Waals surface area (Å²) >= 11 is 0. The van der Waals surface area contributed by atoms with Crippen LogP contribution >= 0.6 is 0 Å². The van der Waals surface area contributed by atoms with E-state index in [1.165, 1.54) is 21.0 Å². The van der Waals surface area contributed by atoms with Gasteiger partial charge in [-0.3, -0.25) is 4.79 Å². The SMILES string of the molecule is COC(=O)CCNC(=O)NC(C)(C)C(=O)O. The fourth-order valence-corrected chi connectivity index (χ4v) is 0.762. The van der Waals surface area contributed by atoms with Crippen molar-refractivity contribution in [2.75, 3.05) is 13.7 Å². The lowest BCUT2D eigenvalue weighted by molar-refractivity contribution is -0.143. The largest absolute Gasteiger partial charge is 0.480 e. The molecule has 0 aromatic heterocycles. The predicted octanol–water partition coefficient (Wildman–Crippen LogP) is -0.288. The van der Waals surface area contributed by atoms with Crippen molar-refractivity contribution < 1.29 is 24.2 Å². The molecule has 0 unspecified atom stereocenters.